The Bertz CT molecular complexity index is 692. The molecule has 126 valence electrons. The van der Waals surface area contributed by atoms with Crippen LogP contribution in [0.15, 0.2) is 47.6 Å². The minimum Gasteiger partial charge on any atom is -0.493 e. The molecule has 2 aromatic rings. The average molecular weight is 344 g/mol. The van der Waals surface area contributed by atoms with Crippen molar-refractivity contribution < 1.29 is 14.2 Å². The highest BCUT2D eigenvalue weighted by atomic mass is 32.1. The highest BCUT2D eigenvalue weighted by Crippen LogP contribution is 2.37. The van der Waals surface area contributed by atoms with E-state index in [1.165, 1.54) is 0 Å². The van der Waals surface area contributed by atoms with Gasteiger partial charge in [0.15, 0.2) is 11.5 Å². The first-order valence-electron chi connectivity index (χ1n) is 7.33. The molecule has 0 unspecified atom stereocenters. The van der Waals surface area contributed by atoms with Crippen molar-refractivity contribution in [3.05, 3.63) is 53.6 Å². The van der Waals surface area contributed by atoms with Gasteiger partial charge < -0.3 is 14.2 Å². The largest absolute Gasteiger partial charge is 0.493 e. The molecule has 0 heterocycles. The summed E-state index contributed by atoms with van der Waals surface area (Å²) in [5.74, 6) is 1.69. The number of methoxy groups -OCH3 is 3. The van der Waals surface area contributed by atoms with Crippen LogP contribution in [0.1, 0.15) is 11.1 Å². The molecule has 5 nitrogen and oxygen atoms in total. The Kier molecular flexibility index (Phi) is 6.57. The fourth-order valence-corrected chi connectivity index (χ4v) is 2.39. The lowest BCUT2D eigenvalue weighted by molar-refractivity contribution is 0.324. The molecule has 0 spiro atoms. The lowest BCUT2D eigenvalue weighted by Crippen LogP contribution is -2.17. The Morgan fingerprint density at radius 3 is 2.21 bits per heavy atom. The molecule has 0 amide bonds. The maximum absolute atomic E-state index is 5.31. The maximum atomic E-state index is 5.31. The van der Waals surface area contributed by atoms with Crippen LogP contribution >= 0.6 is 12.2 Å². The first-order chi connectivity index (χ1) is 11.7. The number of rotatable bonds is 7. The summed E-state index contributed by atoms with van der Waals surface area (Å²) < 4.78 is 15.9. The molecule has 0 saturated carbocycles. The van der Waals surface area contributed by atoms with Gasteiger partial charge in [-0.05, 0) is 17.7 Å². The smallest absolute Gasteiger partial charge is 0.203 e. The first-order valence-corrected chi connectivity index (χ1v) is 7.74. The van der Waals surface area contributed by atoms with Crippen LogP contribution in [0.2, 0.25) is 0 Å². The van der Waals surface area contributed by atoms with Crippen molar-refractivity contribution in [2.75, 3.05) is 21.3 Å². The minimum absolute atomic E-state index is 0.546. The van der Waals surface area contributed by atoms with Crippen LogP contribution in [0.5, 0.6) is 17.2 Å². The van der Waals surface area contributed by atoms with Crippen LogP contribution < -0.4 is 19.6 Å². The predicted molar refractivity (Wildman–Crippen MR) is 99.6 cm³/mol. The summed E-state index contributed by atoms with van der Waals surface area (Å²) in [6.07, 6.45) is 2.30. The summed E-state index contributed by atoms with van der Waals surface area (Å²) in [5.41, 5.74) is 4.81. The normalized spacial score (nSPS) is 10.5. The van der Waals surface area contributed by atoms with Gasteiger partial charge >= 0.3 is 0 Å². The Labute approximate surface area is 147 Å². The highest BCUT2D eigenvalue weighted by molar-refractivity contribution is 7.80. The number of nitrogens with zero attached hydrogens (tertiary/aromatic N) is 1. The van der Waals surface area contributed by atoms with Crippen LogP contribution in [0.3, 0.4) is 0 Å². The molecule has 0 saturated heterocycles. The fourth-order valence-electron chi connectivity index (χ4n) is 2.18. The zero-order chi connectivity index (χ0) is 17.4. The van der Waals surface area contributed by atoms with E-state index in [4.69, 9.17) is 26.4 Å². The second kappa shape index (κ2) is 8.88. The van der Waals surface area contributed by atoms with Crippen LogP contribution in [0.25, 0.3) is 0 Å². The van der Waals surface area contributed by atoms with Gasteiger partial charge in [-0.2, -0.15) is 5.10 Å². The van der Waals surface area contributed by atoms with Gasteiger partial charge in [-0.25, -0.2) is 0 Å². The van der Waals surface area contributed by atoms with E-state index in [9.17, 15) is 0 Å². The fraction of sp³-hybridized carbons (Fsp3) is 0.222. The number of hydrazone groups is 1. The van der Waals surface area contributed by atoms with E-state index >= 15 is 0 Å². The molecular formula is C18H20N2O3S. The molecule has 2 rings (SSSR count). The summed E-state index contributed by atoms with van der Waals surface area (Å²) in [4.78, 5) is 0.643. The molecule has 0 bridgehead atoms. The summed E-state index contributed by atoms with van der Waals surface area (Å²) in [6, 6.07) is 13.6. The van der Waals surface area contributed by atoms with Gasteiger partial charge in [0.25, 0.3) is 0 Å². The molecule has 24 heavy (non-hydrogen) atoms. The Hall–Kier alpha value is -2.60. The predicted octanol–water partition coefficient (Wildman–Crippen LogP) is 3.21. The molecule has 0 atom stereocenters. The summed E-state index contributed by atoms with van der Waals surface area (Å²) in [6.45, 7) is 0. The molecule has 0 aliphatic carbocycles. The lowest BCUT2D eigenvalue weighted by Gasteiger charge is -2.12. The van der Waals surface area contributed by atoms with Crippen LogP contribution in [0, 0.1) is 0 Å². The van der Waals surface area contributed by atoms with E-state index in [0.717, 1.165) is 11.1 Å². The third-order valence-electron chi connectivity index (χ3n) is 3.30. The Morgan fingerprint density at radius 1 is 1.04 bits per heavy atom. The summed E-state index contributed by atoms with van der Waals surface area (Å²) in [5, 5.41) is 4.18. The SMILES string of the molecule is COc1cc(C=NNC(=S)Cc2ccccc2)cc(OC)c1OC. The summed E-state index contributed by atoms with van der Waals surface area (Å²) in [7, 11) is 4.72. The zero-order valence-corrected chi connectivity index (χ0v) is 14.7. The van der Waals surface area contributed by atoms with Gasteiger partial charge in [0.05, 0.1) is 27.5 Å². The molecule has 0 fully saturated rings. The van der Waals surface area contributed by atoms with Gasteiger partial charge in [0, 0.05) is 12.0 Å². The van der Waals surface area contributed by atoms with E-state index in [-0.39, 0.29) is 0 Å². The number of nitrogens with one attached hydrogen (secondary N) is 1. The monoisotopic (exact) mass is 344 g/mol. The topological polar surface area (TPSA) is 52.1 Å². The van der Waals surface area contributed by atoms with E-state index in [2.05, 4.69) is 10.5 Å². The second-order valence-corrected chi connectivity index (χ2v) is 5.41. The number of hydrogen-bond acceptors (Lipinski definition) is 5. The van der Waals surface area contributed by atoms with E-state index < -0.39 is 0 Å². The van der Waals surface area contributed by atoms with Crippen LogP contribution in [-0.4, -0.2) is 32.5 Å². The van der Waals surface area contributed by atoms with Crippen molar-refractivity contribution in [3.8, 4) is 17.2 Å². The van der Waals surface area contributed by atoms with Crippen molar-refractivity contribution in [2.24, 2.45) is 5.10 Å². The molecular weight excluding hydrogens is 324 g/mol. The van der Waals surface area contributed by atoms with Crippen molar-refractivity contribution in [3.63, 3.8) is 0 Å². The van der Waals surface area contributed by atoms with Crippen molar-refractivity contribution >= 4 is 23.4 Å². The Balaban J connectivity index is 2.04. The van der Waals surface area contributed by atoms with E-state index in [0.29, 0.717) is 28.7 Å². The first kappa shape index (κ1) is 17.7. The Morgan fingerprint density at radius 2 is 1.67 bits per heavy atom. The summed E-state index contributed by atoms with van der Waals surface area (Å²) >= 11 is 5.29. The minimum atomic E-state index is 0.546. The number of hydrogen-bond donors (Lipinski definition) is 1. The quantitative estimate of drug-likeness (QED) is 0.475. The maximum Gasteiger partial charge on any atom is 0.203 e. The molecule has 0 aliphatic heterocycles. The van der Waals surface area contributed by atoms with Crippen molar-refractivity contribution in [2.45, 2.75) is 6.42 Å². The number of ether oxygens (including phenoxy) is 3. The number of benzene rings is 2. The molecule has 2 aromatic carbocycles. The second-order valence-electron chi connectivity index (χ2n) is 4.91. The molecule has 0 aliphatic rings. The lowest BCUT2D eigenvalue weighted by atomic mass is 10.1. The van der Waals surface area contributed by atoms with Crippen LogP contribution in [-0.2, 0) is 6.42 Å². The number of thiocarbonyl (C=S) groups is 1. The molecule has 1 N–H and O–H groups in total. The molecule has 0 aromatic heterocycles. The van der Waals surface area contributed by atoms with E-state index in [1.807, 2.05) is 42.5 Å². The van der Waals surface area contributed by atoms with Crippen molar-refractivity contribution in [1.82, 2.24) is 5.43 Å². The standard InChI is InChI=1S/C18H20N2O3S/c1-21-15-9-14(10-16(22-2)18(15)23-3)12-19-20-17(24)11-13-7-5-4-6-8-13/h4-10,12H,11H2,1-3H3,(H,20,24). The van der Waals surface area contributed by atoms with Gasteiger partial charge in [-0.1, -0.05) is 42.5 Å². The van der Waals surface area contributed by atoms with Gasteiger partial charge in [0.2, 0.25) is 5.75 Å². The molecule has 0 radical (unpaired) electrons. The van der Waals surface area contributed by atoms with Gasteiger partial charge in [-0.15, -0.1) is 0 Å². The van der Waals surface area contributed by atoms with E-state index in [1.54, 1.807) is 27.5 Å². The molecule has 6 heteroatoms. The zero-order valence-electron chi connectivity index (χ0n) is 13.9. The third-order valence-corrected chi connectivity index (χ3v) is 3.53. The van der Waals surface area contributed by atoms with Gasteiger partial charge in [0.1, 0.15) is 4.99 Å². The van der Waals surface area contributed by atoms with Crippen molar-refractivity contribution in [1.29, 1.82) is 0 Å². The van der Waals surface area contributed by atoms with Crippen LogP contribution in [0.4, 0.5) is 0 Å². The van der Waals surface area contributed by atoms with Gasteiger partial charge in [-0.3, -0.25) is 5.43 Å². The average Bonchev–Trinajstić information content (AvgIpc) is 2.61. The third kappa shape index (κ3) is 4.70. The highest BCUT2D eigenvalue weighted by Gasteiger charge is 2.12.